The van der Waals surface area contributed by atoms with Crippen molar-refractivity contribution in [3.05, 3.63) is 119 Å². The lowest BCUT2D eigenvalue weighted by Gasteiger charge is -2.26. The Labute approximate surface area is 195 Å². The third kappa shape index (κ3) is 4.93. The molecule has 3 aromatic carbocycles. The third-order valence-electron chi connectivity index (χ3n) is 5.72. The molecule has 1 atom stereocenters. The van der Waals surface area contributed by atoms with Gasteiger partial charge in [-0.25, -0.2) is 4.98 Å². The van der Waals surface area contributed by atoms with E-state index in [4.69, 9.17) is 16.6 Å². The first-order valence-corrected chi connectivity index (χ1v) is 11.2. The molecule has 0 bridgehead atoms. The lowest BCUT2D eigenvalue weighted by atomic mass is 9.81. The maximum absolute atomic E-state index is 10.7. The second-order valence-electron chi connectivity index (χ2n) is 8.56. The number of aliphatic hydroxyl groups is 1. The van der Waals surface area contributed by atoms with Crippen LogP contribution in [0.3, 0.4) is 0 Å². The molecule has 0 amide bonds. The summed E-state index contributed by atoms with van der Waals surface area (Å²) in [6, 6.07) is 26.4. The van der Waals surface area contributed by atoms with E-state index in [1.165, 1.54) is 5.56 Å². The molecular weight excluding hydrogens is 414 g/mol. The number of halogens is 1. The summed E-state index contributed by atoms with van der Waals surface area (Å²) in [5.41, 5.74) is 5.18. The average Bonchev–Trinajstić information content (AvgIpc) is 2.78. The van der Waals surface area contributed by atoms with Gasteiger partial charge in [-0.05, 0) is 66.8 Å². The molecule has 1 N–H and O–H groups in total. The molecule has 4 rings (SSSR count). The quantitative estimate of drug-likeness (QED) is 0.334. The molecule has 0 saturated carbocycles. The van der Waals surface area contributed by atoms with Crippen molar-refractivity contribution < 1.29 is 5.11 Å². The Hall–Kier alpha value is -2.94. The molecule has 161 valence electrons. The predicted octanol–water partition coefficient (Wildman–Crippen LogP) is 7.64. The lowest BCUT2D eigenvalue weighted by molar-refractivity contribution is 0.0774. The van der Waals surface area contributed by atoms with Crippen LogP contribution in [-0.2, 0) is 5.60 Å². The molecule has 0 spiro atoms. The van der Waals surface area contributed by atoms with Gasteiger partial charge in [0.1, 0.15) is 0 Å². The summed E-state index contributed by atoms with van der Waals surface area (Å²) in [6.07, 6.45) is 4.79. The third-order valence-corrected chi connectivity index (χ3v) is 5.95. The van der Waals surface area contributed by atoms with Crippen LogP contribution in [0, 0.1) is 6.92 Å². The molecular formula is C29H27ClNO. The van der Waals surface area contributed by atoms with Gasteiger partial charge in [0.05, 0.1) is 16.8 Å². The molecule has 0 aliphatic heterocycles. The summed E-state index contributed by atoms with van der Waals surface area (Å²) in [4.78, 5) is 4.70. The van der Waals surface area contributed by atoms with E-state index in [9.17, 15) is 5.11 Å². The van der Waals surface area contributed by atoms with Gasteiger partial charge in [0.2, 0.25) is 0 Å². The summed E-state index contributed by atoms with van der Waals surface area (Å²) in [7, 11) is 0. The van der Waals surface area contributed by atoms with Gasteiger partial charge >= 0.3 is 0 Å². The van der Waals surface area contributed by atoms with Gasteiger partial charge in [-0.15, -0.1) is 0 Å². The minimum Gasteiger partial charge on any atom is -0.386 e. The zero-order valence-corrected chi connectivity index (χ0v) is 19.2. The Kier molecular flexibility index (Phi) is 6.45. The Morgan fingerprint density at radius 1 is 0.969 bits per heavy atom. The first-order valence-electron chi connectivity index (χ1n) is 10.8. The first kappa shape index (κ1) is 22.3. The summed E-state index contributed by atoms with van der Waals surface area (Å²) >= 11 is 6.12. The molecule has 0 saturated heterocycles. The molecule has 1 aromatic heterocycles. The van der Waals surface area contributed by atoms with Crippen LogP contribution in [-0.4, -0.2) is 10.1 Å². The zero-order valence-electron chi connectivity index (χ0n) is 18.4. The Morgan fingerprint density at radius 3 is 2.53 bits per heavy atom. The number of fused-ring (bicyclic) bond motifs is 1. The topological polar surface area (TPSA) is 33.1 Å². The molecule has 4 aromatic rings. The predicted molar refractivity (Wildman–Crippen MR) is 136 cm³/mol. The van der Waals surface area contributed by atoms with Gasteiger partial charge in [0, 0.05) is 16.3 Å². The number of hydrogen-bond donors (Lipinski definition) is 1. The second-order valence-corrected chi connectivity index (χ2v) is 9.00. The van der Waals surface area contributed by atoms with Crippen LogP contribution < -0.4 is 0 Å². The molecule has 1 radical (unpaired) electrons. The molecule has 0 fully saturated rings. The van der Waals surface area contributed by atoms with Gasteiger partial charge in [-0.3, -0.25) is 0 Å². The van der Waals surface area contributed by atoms with E-state index < -0.39 is 5.60 Å². The van der Waals surface area contributed by atoms with Crippen LogP contribution in [0.15, 0.2) is 78.9 Å². The molecule has 1 heterocycles. The molecule has 0 unspecified atom stereocenters. The highest BCUT2D eigenvalue weighted by atomic mass is 35.5. The largest absolute Gasteiger partial charge is 0.386 e. The highest BCUT2D eigenvalue weighted by Crippen LogP contribution is 2.35. The second kappa shape index (κ2) is 9.28. The minimum atomic E-state index is -0.911. The van der Waals surface area contributed by atoms with Crippen molar-refractivity contribution in [3.8, 4) is 0 Å². The fourth-order valence-electron chi connectivity index (χ4n) is 4.12. The van der Waals surface area contributed by atoms with Crippen molar-refractivity contribution in [2.75, 3.05) is 0 Å². The smallest absolute Gasteiger partial charge is 0.0843 e. The lowest BCUT2D eigenvalue weighted by Crippen LogP contribution is -2.19. The normalized spacial score (nSPS) is 13.0. The number of rotatable bonds is 6. The molecule has 0 aliphatic carbocycles. The van der Waals surface area contributed by atoms with Crippen LogP contribution in [0.5, 0.6) is 0 Å². The fraction of sp³-hybridized carbons (Fsp3) is 0.172. The summed E-state index contributed by atoms with van der Waals surface area (Å²) in [6.45, 7) is 7.86. The highest BCUT2D eigenvalue weighted by Gasteiger charge is 2.24. The van der Waals surface area contributed by atoms with Crippen molar-refractivity contribution in [1.29, 1.82) is 0 Å². The van der Waals surface area contributed by atoms with E-state index in [0.29, 0.717) is 11.4 Å². The van der Waals surface area contributed by atoms with Gasteiger partial charge in [0.15, 0.2) is 0 Å². The van der Waals surface area contributed by atoms with Crippen LogP contribution in [0.25, 0.3) is 23.1 Å². The Balaban J connectivity index is 1.65. The maximum atomic E-state index is 10.7. The zero-order chi connectivity index (χ0) is 22.7. The Morgan fingerprint density at radius 2 is 1.75 bits per heavy atom. The first-order chi connectivity index (χ1) is 15.3. The molecule has 3 heteroatoms. The maximum Gasteiger partial charge on any atom is 0.0843 e. The van der Waals surface area contributed by atoms with E-state index in [1.54, 1.807) is 0 Å². The number of nitrogens with zero attached hydrogens (tertiary/aromatic N) is 1. The number of hydrogen-bond acceptors (Lipinski definition) is 2. The molecule has 32 heavy (non-hydrogen) atoms. The minimum absolute atomic E-state index is 0.104. The summed E-state index contributed by atoms with van der Waals surface area (Å²) in [5.74, 6) is 0.104. The van der Waals surface area contributed by atoms with E-state index in [2.05, 4.69) is 49.4 Å². The van der Waals surface area contributed by atoms with Crippen molar-refractivity contribution in [2.45, 2.75) is 31.8 Å². The monoisotopic (exact) mass is 440 g/mol. The molecule has 0 aliphatic rings. The van der Waals surface area contributed by atoms with Crippen LogP contribution in [0.4, 0.5) is 0 Å². The van der Waals surface area contributed by atoms with Crippen molar-refractivity contribution >= 4 is 34.7 Å². The summed E-state index contributed by atoms with van der Waals surface area (Å²) in [5, 5.41) is 12.4. The van der Waals surface area contributed by atoms with Crippen molar-refractivity contribution in [1.82, 2.24) is 4.98 Å². The number of aromatic nitrogens is 1. The van der Waals surface area contributed by atoms with Gasteiger partial charge in [-0.1, -0.05) is 85.3 Å². The number of benzene rings is 3. The summed E-state index contributed by atoms with van der Waals surface area (Å²) < 4.78 is 0. The van der Waals surface area contributed by atoms with E-state index in [1.807, 2.05) is 62.4 Å². The molecule has 2 nitrogen and oxygen atoms in total. The van der Waals surface area contributed by atoms with Crippen molar-refractivity contribution in [3.63, 3.8) is 0 Å². The van der Waals surface area contributed by atoms with E-state index in [-0.39, 0.29) is 5.92 Å². The van der Waals surface area contributed by atoms with Gasteiger partial charge in [0.25, 0.3) is 0 Å². The van der Waals surface area contributed by atoms with Crippen molar-refractivity contribution in [2.24, 2.45) is 0 Å². The van der Waals surface area contributed by atoms with E-state index >= 15 is 0 Å². The van der Waals surface area contributed by atoms with Crippen LogP contribution in [0.1, 0.15) is 54.1 Å². The Bertz CT molecular complexity index is 1270. The van der Waals surface area contributed by atoms with Gasteiger partial charge in [-0.2, -0.15) is 0 Å². The average molecular weight is 441 g/mol. The van der Waals surface area contributed by atoms with Crippen LogP contribution in [0.2, 0.25) is 5.02 Å². The van der Waals surface area contributed by atoms with E-state index in [0.717, 1.165) is 33.3 Å². The highest BCUT2D eigenvalue weighted by molar-refractivity contribution is 6.31. The fourth-order valence-corrected chi connectivity index (χ4v) is 4.29. The number of pyridine rings is 1. The van der Waals surface area contributed by atoms with Gasteiger partial charge < -0.3 is 5.11 Å². The standard InChI is InChI=1S/C29H27ClNO/c1-4-25(26-10-5-6-11-27(26)29(2,3)32)22-9-7-8-20(18-22)12-16-24-17-14-21-13-15-23(30)19-28(21)31-24/h5-19,25,32H,1,4H2,2-3H3/b16-12+/t25-/m1/s1. The van der Waals surface area contributed by atoms with Crippen LogP contribution >= 0.6 is 11.6 Å². The SMILES string of the molecule is [CH2]C[C@H](c1cccc(/C=C/c2ccc3ccc(Cl)cc3n2)c1)c1ccccc1C(C)(C)O.